The van der Waals surface area contributed by atoms with Crippen molar-refractivity contribution in [3.05, 3.63) is 0 Å². The van der Waals surface area contributed by atoms with Crippen molar-refractivity contribution in [3.63, 3.8) is 0 Å². The number of amides is 2. The smallest absolute Gasteiger partial charge is 0.305 e. The number of carboxylic acids is 1. The summed E-state index contributed by atoms with van der Waals surface area (Å²) in [5.74, 6) is -2.69. The molecule has 14 heavy (non-hydrogen) atoms. The molecule has 0 spiro atoms. The minimum Gasteiger partial charge on any atom is -0.481 e. The van der Waals surface area contributed by atoms with Crippen LogP contribution < -0.4 is 16.8 Å². The standard InChI is InChI=1S/C7H13N3O4/c1-3(6(8)13)10-4(7(9)14)2-5(11)12/h3-4,10H,2H2,1H3,(H2,8,13)(H2,9,14)(H,11,12)/t3?,4-/m0/s1. The number of carbonyl (C=O) groups is 3. The average Bonchev–Trinajstić information content (AvgIpc) is 2.01. The highest BCUT2D eigenvalue weighted by Gasteiger charge is 2.22. The lowest BCUT2D eigenvalue weighted by Gasteiger charge is -2.16. The van der Waals surface area contributed by atoms with E-state index in [2.05, 4.69) is 5.32 Å². The summed E-state index contributed by atoms with van der Waals surface area (Å²) in [5, 5.41) is 10.8. The number of nitrogens with one attached hydrogen (secondary N) is 1. The third kappa shape index (κ3) is 4.41. The molecule has 80 valence electrons. The van der Waals surface area contributed by atoms with Crippen molar-refractivity contribution < 1.29 is 19.5 Å². The summed E-state index contributed by atoms with van der Waals surface area (Å²) in [6.07, 6.45) is -0.479. The molecule has 0 aromatic rings. The summed E-state index contributed by atoms with van der Waals surface area (Å²) in [4.78, 5) is 31.6. The number of hydrogen-bond donors (Lipinski definition) is 4. The fraction of sp³-hybridized carbons (Fsp3) is 0.571. The molecule has 0 aliphatic heterocycles. The second-order valence-electron chi connectivity index (χ2n) is 2.84. The molecule has 0 aliphatic carbocycles. The Labute approximate surface area is 80.4 Å². The fourth-order valence-corrected chi connectivity index (χ4v) is 0.800. The predicted octanol–water partition coefficient (Wildman–Crippen LogP) is -2.22. The number of carbonyl (C=O) groups excluding carboxylic acids is 2. The van der Waals surface area contributed by atoms with E-state index in [4.69, 9.17) is 16.6 Å². The van der Waals surface area contributed by atoms with Crippen LogP contribution in [0.2, 0.25) is 0 Å². The van der Waals surface area contributed by atoms with Crippen LogP contribution >= 0.6 is 0 Å². The lowest BCUT2D eigenvalue weighted by molar-refractivity contribution is -0.139. The zero-order chi connectivity index (χ0) is 11.3. The second-order valence-corrected chi connectivity index (χ2v) is 2.84. The Balaban J connectivity index is 4.30. The van der Waals surface area contributed by atoms with Crippen LogP contribution in [0.15, 0.2) is 0 Å². The molecule has 0 aromatic carbocycles. The molecule has 2 atom stereocenters. The zero-order valence-electron chi connectivity index (χ0n) is 7.69. The van der Waals surface area contributed by atoms with Gasteiger partial charge < -0.3 is 16.6 Å². The molecule has 7 nitrogen and oxygen atoms in total. The van der Waals surface area contributed by atoms with Gasteiger partial charge >= 0.3 is 5.97 Å². The number of rotatable bonds is 6. The van der Waals surface area contributed by atoms with E-state index in [0.717, 1.165) is 0 Å². The molecule has 2 amide bonds. The van der Waals surface area contributed by atoms with Crippen LogP contribution in [0.5, 0.6) is 0 Å². The van der Waals surface area contributed by atoms with E-state index in [9.17, 15) is 14.4 Å². The van der Waals surface area contributed by atoms with Gasteiger partial charge in [0.25, 0.3) is 0 Å². The van der Waals surface area contributed by atoms with Crippen LogP contribution in [0.3, 0.4) is 0 Å². The van der Waals surface area contributed by atoms with Gasteiger partial charge in [0.1, 0.15) is 0 Å². The lowest BCUT2D eigenvalue weighted by Crippen LogP contribution is -2.50. The van der Waals surface area contributed by atoms with Crippen LogP contribution in [0.25, 0.3) is 0 Å². The Bertz CT molecular complexity index is 253. The largest absolute Gasteiger partial charge is 0.481 e. The van der Waals surface area contributed by atoms with Gasteiger partial charge in [0, 0.05) is 0 Å². The van der Waals surface area contributed by atoms with E-state index in [1.807, 2.05) is 0 Å². The van der Waals surface area contributed by atoms with Gasteiger partial charge in [-0.25, -0.2) is 0 Å². The molecule has 0 heterocycles. The van der Waals surface area contributed by atoms with Crippen molar-refractivity contribution in [3.8, 4) is 0 Å². The van der Waals surface area contributed by atoms with Crippen LogP contribution in [0.1, 0.15) is 13.3 Å². The number of primary amides is 2. The third-order valence-electron chi connectivity index (χ3n) is 1.60. The highest BCUT2D eigenvalue weighted by Crippen LogP contribution is 1.93. The Morgan fingerprint density at radius 3 is 2.07 bits per heavy atom. The minimum atomic E-state index is -1.18. The fourth-order valence-electron chi connectivity index (χ4n) is 0.800. The number of aliphatic carboxylic acids is 1. The Morgan fingerprint density at radius 1 is 1.29 bits per heavy atom. The SMILES string of the molecule is CC(N[C@@H](CC(=O)O)C(N)=O)C(N)=O. The van der Waals surface area contributed by atoms with E-state index in [0.29, 0.717) is 0 Å². The number of nitrogens with two attached hydrogens (primary N) is 2. The second kappa shape index (κ2) is 5.18. The highest BCUT2D eigenvalue weighted by atomic mass is 16.4. The van der Waals surface area contributed by atoms with Gasteiger partial charge in [-0.1, -0.05) is 0 Å². The summed E-state index contributed by atoms with van der Waals surface area (Å²) < 4.78 is 0. The summed E-state index contributed by atoms with van der Waals surface area (Å²) in [6, 6.07) is -1.89. The van der Waals surface area contributed by atoms with Gasteiger partial charge in [-0.05, 0) is 6.92 Å². The van der Waals surface area contributed by atoms with Crippen molar-refractivity contribution in [1.29, 1.82) is 0 Å². The highest BCUT2D eigenvalue weighted by molar-refractivity contribution is 5.86. The summed E-state index contributed by atoms with van der Waals surface area (Å²) in [5.41, 5.74) is 9.83. The summed E-state index contributed by atoms with van der Waals surface area (Å²) in [6.45, 7) is 1.42. The summed E-state index contributed by atoms with van der Waals surface area (Å²) in [7, 11) is 0. The predicted molar refractivity (Wildman–Crippen MR) is 47.0 cm³/mol. The first-order valence-corrected chi connectivity index (χ1v) is 3.91. The minimum absolute atomic E-state index is 0.479. The van der Waals surface area contributed by atoms with Crippen LogP contribution in [0, 0.1) is 0 Å². The molecule has 7 heteroatoms. The Kier molecular flexibility index (Phi) is 4.57. The molecular weight excluding hydrogens is 190 g/mol. The normalized spacial score (nSPS) is 14.4. The van der Waals surface area contributed by atoms with Crippen molar-refractivity contribution >= 4 is 17.8 Å². The van der Waals surface area contributed by atoms with Gasteiger partial charge in [0.2, 0.25) is 11.8 Å². The van der Waals surface area contributed by atoms with Gasteiger partial charge in [-0.15, -0.1) is 0 Å². The molecule has 0 rings (SSSR count). The van der Waals surface area contributed by atoms with E-state index in [-0.39, 0.29) is 0 Å². The molecule has 0 radical (unpaired) electrons. The van der Waals surface area contributed by atoms with Gasteiger partial charge in [-0.3, -0.25) is 19.7 Å². The van der Waals surface area contributed by atoms with Crippen molar-refractivity contribution in [2.75, 3.05) is 0 Å². The number of hydrogen-bond acceptors (Lipinski definition) is 4. The Morgan fingerprint density at radius 2 is 1.79 bits per heavy atom. The average molecular weight is 203 g/mol. The molecular formula is C7H13N3O4. The van der Waals surface area contributed by atoms with E-state index >= 15 is 0 Å². The quantitative estimate of drug-likeness (QED) is 0.387. The van der Waals surface area contributed by atoms with Crippen LogP contribution in [0.4, 0.5) is 0 Å². The van der Waals surface area contributed by atoms with Crippen molar-refractivity contribution in [2.24, 2.45) is 11.5 Å². The van der Waals surface area contributed by atoms with Gasteiger partial charge in [-0.2, -0.15) is 0 Å². The van der Waals surface area contributed by atoms with Crippen LogP contribution in [-0.2, 0) is 14.4 Å². The molecule has 0 bridgehead atoms. The van der Waals surface area contributed by atoms with E-state index in [1.54, 1.807) is 0 Å². The Hall–Kier alpha value is -1.63. The monoisotopic (exact) mass is 203 g/mol. The molecule has 6 N–H and O–H groups in total. The van der Waals surface area contributed by atoms with E-state index in [1.165, 1.54) is 6.92 Å². The zero-order valence-corrected chi connectivity index (χ0v) is 7.69. The van der Waals surface area contributed by atoms with Crippen LogP contribution in [-0.4, -0.2) is 35.0 Å². The molecule has 0 saturated heterocycles. The van der Waals surface area contributed by atoms with Crippen molar-refractivity contribution in [2.45, 2.75) is 25.4 Å². The maximum atomic E-state index is 10.7. The lowest BCUT2D eigenvalue weighted by atomic mass is 10.1. The van der Waals surface area contributed by atoms with E-state index < -0.39 is 36.3 Å². The molecule has 1 unspecified atom stereocenters. The third-order valence-corrected chi connectivity index (χ3v) is 1.60. The maximum absolute atomic E-state index is 10.7. The molecule has 0 fully saturated rings. The number of carboxylic acid groups (broad SMARTS) is 1. The van der Waals surface area contributed by atoms with Gasteiger partial charge in [0.05, 0.1) is 18.5 Å². The first-order valence-electron chi connectivity index (χ1n) is 3.91. The maximum Gasteiger partial charge on any atom is 0.305 e. The first-order chi connectivity index (χ1) is 6.34. The molecule has 0 aromatic heterocycles. The molecule has 0 saturated carbocycles. The van der Waals surface area contributed by atoms with Crippen molar-refractivity contribution in [1.82, 2.24) is 5.32 Å². The topological polar surface area (TPSA) is 136 Å². The van der Waals surface area contributed by atoms with Gasteiger partial charge in [0.15, 0.2) is 0 Å². The summed E-state index contributed by atoms with van der Waals surface area (Å²) >= 11 is 0. The first kappa shape index (κ1) is 12.4. The molecule has 0 aliphatic rings.